The van der Waals surface area contributed by atoms with Crippen LogP contribution in [0, 0.1) is 0 Å². The number of nitrogens with two attached hydrogens (primary N) is 1. The molecule has 1 heterocycles. The Hall–Kier alpha value is -0.840. The number of rotatable bonds is 1. The van der Waals surface area contributed by atoms with E-state index in [0.717, 1.165) is 10.1 Å². The third-order valence-electron chi connectivity index (χ3n) is 1.26. The zero-order chi connectivity index (χ0) is 8.27. The molecule has 4 nitrogen and oxygen atoms in total. The van der Waals surface area contributed by atoms with Crippen molar-refractivity contribution < 1.29 is 4.74 Å². The minimum atomic E-state index is 0.415. The summed E-state index contributed by atoms with van der Waals surface area (Å²) in [5.41, 5.74) is 1.70. The van der Waals surface area contributed by atoms with Crippen LogP contribution < -0.4 is 5.84 Å². The fourth-order valence-electron chi connectivity index (χ4n) is 0.731. The lowest BCUT2D eigenvalue weighted by Crippen LogP contribution is -2.01. The number of ether oxygens (including phenoxy) is 1. The van der Waals surface area contributed by atoms with E-state index in [1.807, 2.05) is 6.92 Å². The van der Waals surface area contributed by atoms with Crippen LogP contribution in [0.1, 0.15) is 6.92 Å². The number of hydrogen-bond acceptors (Lipinski definition) is 3. The molecule has 2 N–H and O–H groups in total. The Labute approximate surface area is 72.9 Å². The first-order chi connectivity index (χ1) is 5.25. The summed E-state index contributed by atoms with van der Waals surface area (Å²) in [7, 11) is 0. The summed E-state index contributed by atoms with van der Waals surface area (Å²) in [6.07, 6.45) is 1.67. The number of allylic oxidation sites excluding steroid dienone is 2. The summed E-state index contributed by atoms with van der Waals surface area (Å²) in [5.74, 6) is 4.90. The van der Waals surface area contributed by atoms with Gasteiger partial charge in [0.05, 0.1) is 10.7 Å². The van der Waals surface area contributed by atoms with Gasteiger partial charge in [0, 0.05) is 0 Å². The largest absolute Gasteiger partial charge is 0.494 e. The van der Waals surface area contributed by atoms with Crippen LogP contribution in [0.15, 0.2) is 32.4 Å². The summed E-state index contributed by atoms with van der Waals surface area (Å²) in [4.78, 5) is 0. The van der Waals surface area contributed by atoms with Crippen LogP contribution in [-0.4, -0.2) is 6.61 Å². The molecular formula is C6H8BrN3O. The molecule has 0 unspecified atom stereocenters. The Bertz CT molecular complexity index is 244. The van der Waals surface area contributed by atoms with E-state index in [2.05, 4.69) is 26.3 Å². The van der Waals surface area contributed by atoms with Gasteiger partial charge in [0.1, 0.15) is 12.3 Å². The highest BCUT2D eigenvalue weighted by Gasteiger charge is 2.10. The highest BCUT2D eigenvalue weighted by molar-refractivity contribution is 9.12. The lowest BCUT2D eigenvalue weighted by molar-refractivity contribution is 0.270. The van der Waals surface area contributed by atoms with E-state index < -0.39 is 0 Å². The zero-order valence-corrected chi connectivity index (χ0v) is 7.63. The first-order valence-electron chi connectivity index (χ1n) is 3.04. The Morgan fingerprint density at radius 1 is 1.73 bits per heavy atom. The smallest absolute Gasteiger partial charge is 0.132 e. The van der Waals surface area contributed by atoms with Crippen LogP contribution in [0.2, 0.25) is 0 Å². The molecule has 1 rings (SSSR count). The first kappa shape index (κ1) is 8.26. The number of halogens is 1. The Balaban J connectivity index is 2.91. The van der Waals surface area contributed by atoms with E-state index in [-0.39, 0.29) is 0 Å². The molecule has 0 saturated carbocycles. The van der Waals surface area contributed by atoms with Crippen molar-refractivity contribution in [2.45, 2.75) is 6.92 Å². The number of hydrogen-bond donors (Lipinski definition) is 1. The Morgan fingerprint density at radius 3 is 3.09 bits per heavy atom. The molecule has 0 aliphatic carbocycles. The van der Waals surface area contributed by atoms with Gasteiger partial charge in [0.25, 0.3) is 0 Å². The third-order valence-corrected chi connectivity index (χ3v) is 2.34. The second kappa shape index (κ2) is 3.52. The molecule has 0 aromatic heterocycles. The summed E-state index contributed by atoms with van der Waals surface area (Å²) in [5, 5.41) is 6.86. The highest BCUT2D eigenvalue weighted by atomic mass is 79.9. The molecule has 0 aromatic carbocycles. The molecule has 0 aromatic rings. The fourth-order valence-corrected chi connectivity index (χ4v) is 1.02. The van der Waals surface area contributed by atoms with E-state index in [4.69, 9.17) is 10.6 Å². The van der Waals surface area contributed by atoms with E-state index in [9.17, 15) is 0 Å². The summed E-state index contributed by atoms with van der Waals surface area (Å²) >= 11 is 3.34. The molecule has 0 fully saturated rings. The predicted molar refractivity (Wildman–Crippen MR) is 44.7 cm³/mol. The second-order valence-electron chi connectivity index (χ2n) is 2.09. The first-order valence-corrected chi connectivity index (χ1v) is 3.83. The number of nitrogens with zero attached hydrogens (tertiary/aromatic N) is 2. The molecule has 0 bridgehead atoms. The van der Waals surface area contributed by atoms with Crippen LogP contribution in [0.25, 0.3) is 0 Å². The molecular weight excluding hydrogens is 210 g/mol. The van der Waals surface area contributed by atoms with Crippen LogP contribution in [0.4, 0.5) is 0 Å². The highest BCUT2D eigenvalue weighted by Crippen LogP contribution is 2.25. The third kappa shape index (κ3) is 1.80. The van der Waals surface area contributed by atoms with E-state index >= 15 is 0 Å². The molecule has 0 radical (unpaired) electrons. The van der Waals surface area contributed by atoms with Crippen LogP contribution >= 0.6 is 15.9 Å². The molecule has 0 atom stereocenters. The average Bonchev–Trinajstić information content (AvgIpc) is 1.99. The van der Waals surface area contributed by atoms with Crippen LogP contribution in [0.5, 0.6) is 0 Å². The van der Waals surface area contributed by atoms with Crippen molar-refractivity contribution in [2.75, 3.05) is 6.61 Å². The van der Waals surface area contributed by atoms with E-state index in [1.165, 1.54) is 0 Å². The SMILES string of the molecule is CC1=COCC(N=NN)=C1Br. The molecule has 11 heavy (non-hydrogen) atoms. The van der Waals surface area contributed by atoms with Gasteiger partial charge >= 0.3 is 0 Å². The summed E-state index contributed by atoms with van der Waals surface area (Å²) in [6.45, 7) is 2.33. The van der Waals surface area contributed by atoms with Crippen molar-refractivity contribution >= 4 is 15.9 Å². The van der Waals surface area contributed by atoms with Crippen molar-refractivity contribution in [2.24, 2.45) is 16.2 Å². The Kier molecular flexibility index (Phi) is 2.64. The van der Waals surface area contributed by atoms with Crippen molar-refractivity contribution in [3.63, 3.8) is 0 Å². The summed E-state index contributed by atoms with van der Waals surface area (Å²) in [6, 6.07) is 0. The van der Waals surface area contributed by atoms with Gasteiger partial charge in [0.2, 0.25) is 0 Å². The maximum absolute atomic E-state index is 5.06. The molecule has 60 valence electrons. The standard InChI is InChI=1S/C6H8BrN3O/c1-4-2-11-3-5(6(4)7)9-10-8/h2H,3H2,1H3,(H2,8,9). The van der Waals surface area contributed by atoms with Gasteiger partial charge in [-0.3, -0.25) is 0 Å². The van der Waals surface area contributed by atoms with E-state index in [0.29, 0.717) is 12.3 Å². The van der Waals surface area contributed by atoms with Gasteiger partial charge in [-0.25, -0.2) is 0 Å². The Morgan fingerprint density at radius 2 is 2.45 bits per heavy atom. The normalized spacial score (nSPS) is 18.5. The lowest BCUT2D eigenvalue weighted by atomic mass is 10.2. The fraction of sp³-hybridized carbons (Fsp3) is 0.333. The molecule has 0 amide bonds. The average molecular weight is 218 g/mol. The van der Waals surface area contributed by atoms with Gasteiger partial charge in [-0.05, 0) is 28.4 Å². The van der Waals surface area contributed by atoms with Gasteiger partial charge in [0.15, 0.2) is 0 Å². The molecule has 0 spiro atoms. The van der Waals surface area contributed by atoms with Gasteiger partial charge in [-0.2, -0.15) is 0 Å². The van der Waals surface area contributed by atoms with Crippen molar-refractivity contribution in [1.82, 2.24) is 0 Å². The van der Waals surface area contributed by atoms with Crippen molar-refractivity contribution in [1.29, 1.82) is 0 Å². The molecule has 0 saturated heterocycles. The summed E-state index contributed by atoms with van der Waals surface area (Å²) < 4.78 is 5.96. The second-order valence-corrected chi connectivity index (χ2v) is 2.88. The molecule has 1 aliphatic rings. The van der Waals surface area contributed by atoms with Crippen molar-refractivity contribution in [3.05, 3.63) is 22.0 Å². The maximum atomic E-state index is 5.06. The van der Waals surface area contributed by atoms with Crippen LogP contribution in [0.3, 0.4) is 0 Å². The minimum absolute atomic E-state index is 0.415. The quantitative estimate of drug-likeness (QED) is 0.414. The minimum Gasteiger partial charge on any atom is -0.494 e. The molecule has 5 heteroatoms. The van der Waals surface area contributed by atoms with Gasteiger partial charge in [-0.1, -0.05) is 5.22 Å². The zero-order valence-electron chi connectivity index (χ0n) is 6.04. The van der Waals surface area contributed by atoms with Gasteiger partial charge < -0.3 is 10.6 Å². The van der Waals surface area contributed by atoms with E-state index in [1.54, 1.807) is 6.26 Å². The topological polar surface area (TPSA) is 60.0 Å². The molecule has 1 aliphatic heterocycles. The lowest BCUT2D eigenvalue weighted by Gasteiger charge is -2.11. The van der Waals surface area contributed by atoms with Gasteiger partial charge in [-0.15, -0.1) is 5.11 Å². The maximum Gasteiger partial charge on any atom is 0.132 e. The van der Waals surface area contributed by atoms with Crippen molar-refractivity contribution in [3.8, 4) is 0 Å². The predicted octanol–water partition coefficient (Wildman–Crippen LogP) is 1.85. The monoisotopic (exact) mass is 217 g/mol. The van der Waals surface area contributed by atoms with Crippen LogP contribution in [-0.2, 0) is 4.74 Å².